The Hall–Kier alpha value is -2.67. The molecule has 2 amide bonds. The molecule has 0 bridgehead atoms. The van der Waals surface area contributed by atoms with Gasteiger partial charge in [0.2, 0.25) is 5.91 Å². The van der Waals surface area contributed by atoms with Crippen molar-refractivity contribution in [3.63, 3.8) is 0 Å². The number of carbonyl (C=O) groups is 2. The number of hydrogen-bond acceptors (Lipinski definition) is 4. The third-order valence-electron chi connectivity index (χ3n) is 5.43. The van der Waals surface area contributed by atoms with Crippen LogP contribution in [0.5, 0.6) is 0 Å². The maximum absolute atomic E-state index is 12.8. The first-order valence-electron chi connectivity index (χ1n) is 9.26. The van der Waals surface area contributed by atoms with E-state index in [2.05, 4.69) is 17.0 Å². The van der Waals surface area contributed by atoms with Gasteiger partial charge in [-0.3, -0.25) is 14.3 Å². The number of benzene rings is 1. The molecule has 0 saturated carbocycles. The molecule has 0 radical (unpaired) electrons. The molecular formula is C20H27N5O2. The Balaban J connectivity index is 1.69. The molecule has 0 aliphatic carbocycles. The number of amides is 2. The van der Waals surface area contributed by atoms with Crippen molar-refractivity contribution < 1.29 is 9.59 Å². The highest BCUT2D eigenvalue weighted by atomic mass is 16.2. The normalized spacial score (nSPS) is 16.9. The van der Waals surface area contributed by atoms with E-state index in [0.717, 1.165) is 37.1 Å². The number of nitrogens with zero attached hydrogens (tertiary/aromatic N) is 4. The number of rotatable bonds is 5. The van der Waals surface area contributed by atoms with Gasteiger partial charge in [-0.2, -0.15) is 5.10 Å². The quantitative estimate of drug-likeness (QED) is 0.870. The van der Waals surface area contributed by atoms with Crippen molar-refractivity contribution in [3.05, 3.63) is 42.2 Å². The molecule has 27 heavy (non-hydrogen) atoms. The number of piperidine rings is 1. The van der Waals surface area contributed by atoms with Gasteiger partial charge in [0.05, 0.1) is 6.20 Å². The average molecular weight is 369 g/mol. The predicted octanol–water partition coefficient (Wildman–Crippen LogP) is 1.76. The summed E-state index contributed by atoms with van der Waals surface area (Å²) in [5.41, 5.74) is 7.82. The van der Waals surface area contributed by atoms with Crippen LogP contribution in [0.25, 0.3) is 11.1 Å². The molecule has 1 atom stereocenters. The smallest absolute Gasteiger partial charge is 0.253 e. The van der Waals surface area contributed by atoms with Crippen molar-refractivity contribution in [3.8, 4) is 11.1 Å². The van der Waals surface area contributed by atoms with Crippen LogP contribution in [0.3, 0.4) is 0 Å². The lowest BCUT2D eigenvalue weighted by molar-refractivity contribution is -0.120. The SMILES string of the molecule is C[C@@H](C(N)=O)n1cc(-c2ccc(C(=O)N(C)C3CCN(C)CC3)cc2)cn1. The van der Waals surface area contributed by atoms with Gasteiger partial charge in [-0.25, -0.2) is 0 Å². The van der Waals surface area contributed by atoms with E-state index in [1.54, 1.807) is 24.0 Å². The fourth-order valence-corrected chi connectivity index (χ4v) is 3.39. The van der Waals surface area contributed by atoms with Crippen molar-refractivity contribution in [2.75, 3.05) is 27.2 Å². The Labute approximate surface area is 159 Å². The van der Waals surface area contributed by atoms with Gasteiger partial charge in [0.25, 0.3) is 5.91 Å². The Bertz CT molecular complexity index is 806. The molecule has 1 aliphatic rings. The highest BCUT2D eigenvalue weighted by Gasteiger charge is 2.24. The van der Waals surface area contributed by atoms with E-state index in [1.165, 1.54) is 0 Å². The minimum absolute atomic E-state index is 0.0501. The van der Waals surface area contributed by atoms with Gasteiger partial charge in [0.15, 0.2) is 0 Å². The van der Waals surface area contributed by atoms with Crippen LogP contribution in [0.1, 0.15) is 36.2 Å². The number of hydrogen-bond donors (Lipinski definition) is 1. The van der Waals surface area contributed by atoms with Gasteiger partial charge in [-0.05, 0) is 57.6 Å². The maximum atomic E-state index is 12.8. The molecule has 0 unspecified atom stereocenters. The fourth-order valence-electron chi connectivity index (χ4n) is 3.39. The highest BCUT2D eigenvalue weighted by molar-refractivity contribution is 5.94. The average Bonchev–Trinajstić information content (AvgIpc) is 3.17. The van der Waals surface area contributed by atoms with E-state index in [1.807, 2.05) is 36.2 Å². The first-order valence-corrected chi connectivity index (χ1v) is 9.26. The summed E-state index contributed by atoms with van der Waals surface area (Å²) in [4.78, 5) is 28.2. The Morgan fingerprint density at radius 2 is 1.81 bits per heavy atom. The second-order valence-electron chi connectivity index (χ2n) is 7.32. The maximum Gasteiger partial charge on any atom is 0.253 e. The number of primary amides is 1. The predicted molar refractivity (Wildman–Crippen MR) is 104 cm³/mol. The molecule has 2 aromatic rings. The summed E-state index contributed by atoms with van der Waals surface area (Å²) in [6, 6.07) is 7.30. The van der Waals surface area contributed by atoms with Gasteiger partial charge in [0, 0.05) is 30.4 Å². The van der Waals surface area contributed by atoms with Crippen LogP contribution in [-0.2, 0) is 4.79 Å². The van der Waals surface area contributed by atoms with E-state index in [9.17, 15) is 9.59 Å². The third-order valence-corrected chi connectivity index (χ3v) is 5.43. The van der Waals surface area contributed by atoms with Crippen molar-refractivity contribution >= 4 is 11.8 Å². The number of aromatic nitrogens is 2. The standard InChI is InChI=1S/C20H27N5O2/c1-14(19(21)26)25-13-17(12-22-25)15-4-6-16(7-5-15)20(27)24(3)18-8-10-23(2)11-9-18/h4-7,12-14,18H,8-11H2,1-3H3,(H2,21,26)/t14-/m0/s1. The summed E-state index contributed by atoms with van der Waals surface area (Å²) in [5.74, 6) is -0.378. The topological polar surface area (TPSA) is 84.5 Å². The van der Waals surface area contributed by atoms with Gasteiger partial charge >= 0.3 is 0 Å². The van der Waals surface area contributed by atoms with Gasteiger partial charge in [-0.1, -0.05) is 12.1 Å². The molecule has 7 heteroatoms. The minimum atomic E-state index is -0.497. The lowest BCUT2D eigenvalue weighted by atomic mass is 10.0. The molecule has 1 aromatic carbocycles. The van der Waals surface area contributed by atoms with E-state index in [0.29, 0.717) is 11.6 Å². The minimum Gasteiger partial charge on any atom is -0.368 e. The fraction of sp³-hybridized carbons (Fsp3) is 0.450. The van der Waals surface area contributed by atoms with Crippen LogP contribution in [0, 0.1) is 0 Å². The van der Waals surface area contributed by atoms with Gasteiger partial charge in [0.1, 0.15) is 6.04 Å². The highest BCUT2D eigenvalue weighted by Crippen LogP contribution is 2.22. The monoisotopic (exact) mass is 369 g/mol. The molecule has 144 valence electrons. The summed E-state index contributed by atoms with van der Waals surface area (Å²) < 4.78 is 1.55. The summed E-state index contributed by atoms with van der Waals surface area (Å²) in [5, 5.41) is 4.20. The molecular weight excluding hydrogens is 342 g/mol. The first kappa shape index (κ1) is 19.1. The molecule has 1 saturated heterocycles. The van der Waals surface area contributed by atoms with E-state index >= 15 is 0 Å². The first-order chi connectivity index (χ1) is 12.9. The van der Waals surface area contributed by atoms with Crippen LogP contribution in [-0.4, -0.2) is 64.6 Å². The summed E-state index contributed by atoms with van der Waals surface area (Å²) >= 11 is 0. The van der Waals surface area contributed by atoms with Crippen molar-refractivity contribution in [2.24, 2.45) is 5.73 Å². The van der Waals surface area contributed by atoms with Crippen LogP contribution in [0.15, 0.2) is 36.7 Å². The number of nitrogens with two attached hydrogens (primary N) is 1. The summed E-state index contributed by atoms with van der Waals surface area (Å²) in [6.45, 7) is 3.75. The Kier molecular flexibility index (Phi) is 5.60. The largest absolute Gasteiger partial charge is 0.368 e. The molecule has 0 spiro atoms. The number of carbonyl (C=O) groups excluding carboxylic acids is 2. The van der Waals surface area contributed by atoms with Crippen LogP contribution >= 0.6 is 0 Å². The van der Waals surface area contributed by atoms with Crippen LogP contribution in [0.2, 0.25) is 0 Å². The molecule has 2 heterocycles. The summed E-state index contributed by atoms with van der Waals surface area (Å²) in [7, 11) is 4.00. The zero-order valence-corrected chi connectivity index (χ0v) is 16.1. The lowest BCUT2D eigenvalue weighted by Crippen LogP contribution is -2.44. The Morgan fingerprint density at radius 1 is 1.19 bits per heavy atom. The molecule has 1 aliphatic heterocycles. The van der Waals surface area contributed by atoms with Crippen molar-refractivity contribution in [2.45, 2.75) is 31.8 Å². The number of likely N-dealkylation sites (tertiary alicyclic amines) is 1. The van der Waals surface area contributed by atoms with Crippen LogP contribution < -0.4 is 5.73 Å². The van der Waals surface area contributed by atoms with Gasteiger partial charge in [-0.15, -0.1) is 0 Å². The molecule has 2 N–H and O–H groups in total. The van der Waals surface area contributed by atoms with E-state index < -0.39 is 11.9 Å². The van der Waals surface area contributed by atoms with Crippen LogP contribution in [0.4, 0.5) is 0 Å². The van der Waals surface area contributed by atoms with E-state index in [-0.39, 0.29) is 5.91 Å². The van der Waals surface area contributed by atoms with Crippen molar-refractivity contribution in [1.29, 1.82) is 0 Å². The van der Waals surface area contributed by atoms with Gasteiger partial charge < -0.3 is 15.5 Å². The molecule has 7 nitrogen and oxygen atoms in total. The second-order valence-corrected chi connectivity index (χ2v) is 7.32. The molecule has 1 fully saturated rings. The molecule has 3 rings (SSSR count). The third kappa shape index (κ3) is 4.19. The zero-order chi connectivity index (χ0) is 19.6. The lowest BCUT2D eigenvalue weighted by Gasteiger charge is -2.35. The second kappa shape index (κ2) is 7.92. The Morgan fingerprint density at radius 3 is 2.41 bits per heavy atom. The van der Waals surface area contributed by atoms with Crippen molar-refractivity contribution in [1.82, 2.24) is 19.6 Å². The zero-order valence-electron chi connectivity index (χ0n) is 16.1. The van der Waals surface area contributed by atoms with E-state index in [4.69, 9.17) is 5.73 Å². The molecule has 1 aromatic heterocycles. The summed E-state index contributed by atoms with van der Waals surface area (Å²) in [6.07, 6.45) is 5.50.